The van der Waals surface area contributed by atoms with Crippen LogP contribution in [0.4, 0.5) is 0 Å². The predicted octanol–water partition coefficient (Wildman–Crippen LogP) is 1.22. The molecule has 14 heavy (non-hydrogen) atoms. The summed E-state index contributed by atoms with van der Waals surface area (Å²) in [5.74, 6) is 0.607. The first kappa shape index (κ1) is 11.5. The fourth-order valence-corrected chi connectivity index (χ4v) is 1.91. The molecule has 1 heterocycles. The van der Waals surface area contributed by atoms with Crippen LogP contribution in [0.3, 0.4) is 0 Å². The highest BCUT2D eigenvalue weighted by Crippen LogP contribution is 2.11. The fourth-order valence-electron chi connectivity index (χ4n) is 1.91. The predicted molar refractivity (Wildman–Crippen MR) is 57.9 cm³/mol. The van der Waals surface area contributed by atoms with Gasteiger partial charge in [0.25, 0.3) is 0 Å². The molecule has 0 aromatic rings. The summed E-state index contributed by atoms with van der Waals surface area (Å²) in [6.45, 7) is 8.57. The summed E-state index contributed by atoms with van der Waals surface area (Å²) in [5.41, 5.74) is 0. The van der Waals surface area contributed by atoms with Crippen molar-refractivity contribution < 1.29 is 0 Å². The van der Waals surface area contributed by atoms with E-state index in [2.05, 4.69) is 30.1 Å². The quantitative estimate of drug-likeness (QED) is 0.736. The van der Waals surface area contributed by atoms with E-state index in [0.29, 0.717) is 5.92 Å². The molecule has 0 aromatic heterocycles. The highest BCUT2D eigenvalue weighted by molar-refractivity contribution is 4.93. The third kappa shape index (κ3) is 3.65. The minimum Gasteiger partial charge on any atom is -0.315 e. The van der Waals surface area contributed by atoms with Crippen LogP contribution < -0.4 is 5.32 Å². The summed E-state index contributed by atoms with van der Waals surface area (Å²) < 4.78 is 0. The summed E-state index contributed by atoms with van der Waals surface area (Å²) >= 11 is 0. The number of nitrogens with one attached hydrogen (secondary N) is 1. The molecule has 1 unspecified atom stereocenters. The average Bonchev–Trinajstić information content (AvgIpc) is 2.41. The SMILES string of the molecule is CC(C)CC(C#N)N1CCCNCC1. The van der Waals surface area contributed by atoms with Gasteiger partial charge in [0, 0.05) is 19.6 Å². The smallest absolute Gasteiger partial charge is 0.0980 e. The van der Waals surface area contributed by atoms with E-state index < -0.39 is 0 Å². The molecule has 0 amide bonds. The van der Waals surface area contributed by atoms with Crippen LogP contribution >= 0.6 is 0 Å². The lowest BCUT2D eigenvalue weighted by atomic mass is 10.0. The second-order valence-electron chi connectivity index (χ2n) is 4.41. The van der Waals surface area contributed by atoms with E-state index in [4.69, 9.17) is 5.26 Å². The molecule has 0 spiro atoms. The first-order chi connectivity index (χ1) is 6.74. The summed E-state index contributed by atoms with van der Waals surface area (Å²) in [6, 6.07) is 2.55. The van der Waals surface area contributed by atoms with Crippen LogP contribution in [0.15, 0.2) is 0 Å². The lowest BCUT2D eigenvalue weighted by Crippen LogP contribution is -2.37. The molecule has 1 aliphatic rings. The van der Waals surface area contributed by atoms with Crippen molar-refractivity contribution in [3.63, 3.8) is 0 Å². The molecule has 0 bridgehead atoms. The van der Waals surface area contributed by atoms with Crippen LogP contribution in [0.5, 0.6) is 0 Å². The topological polar surface area (TPSA) is 39.1 Å². The van der Waals surface area contributed by atoms with Gasteiger partial charge < -0.3 is 5.32 Å². The van der Waals surface area contributed by atoms with Gasteiger partial charge in [0.1, 0.15) is 0 Å². The van der Waals surface area contributed by atoms with Gasteiger partial charge in [-0.1, -0.05) is 13.8 Å². The van der Waals surface area contributed by atoms with Crippen LogP contribution in [0.1, 0.15) is 26.7 Å². The normalized spacial score (nSPS) is 21.6. The van der Waals surface area contributed by atoms with Crippen molar-refractivity contribution in [3.05, 3.63) is 0 Å². The van der Waals surface area contributed by atoms with Gasteiger partial charge in [-0.25, -0.2) is 0 Å². The van der Waals surface area contributed by atoms with Gasteiger partial charge in [-0.15, -0.1) is 0 Å². The average molecular weight is 195 g/mol. The molecule has 0 saturated carbocycles. The maximum absolute atomic E-state index is 9.11. The lowest BCUT2D eigenvalue weighted by molar-refractivity contribution is 0.225. The molecule has 0 aromatic carbocycles. The van der Waals surface area contributed by atoms with Gasteiger partial charge >= 0.3 is 0 Å². The van der Waals surface area contributed by atoms with Crippen molar-refractivity contribution in [2.45, 2.75) is 32.7 Å². The van der Waals surface area contributed by atoms with E-state index in [1.807, 2.05) is 0 Å². The molecule has 80 valence electrons. The van der Waals surface area contributed by atoms with E-state index in [-0.39, 0.29) is 6.04 Å². The molecule has 1 aliphatic heterocycles. The van der Waals surface area contributed by atoms with E-state index in [1.165, 1.54) is 0 Å². The van der Waals surface area contributed by atoms with Crippen LogP contribution in [0.25, 0.3) is 0 Å². The van der Waals surface area contributed by atoms with Gasteiger partial charge in [0.2, 0.25) is 0 Å². The van der Waals surface area contributed by atoms with Gasteiger partial charge in [-0.3, -0.25) is 4.90 Å². The van der Waals surface area contributed by atoms with Gasteiger partial charge in [-0.2, -0.15) is 5.26 Å². The van der Waals surface area contributed by atoms with Crippen molar-refractivity contribution in [1.29, 1.82) is 5.26 Å². The van der Waals surface area contributed by atoms with Crippen molar-refractivity contribution in [2.75, 3.05) is 26.2 Å². The third-order valence-corrected chi connectivity index (χ3v) is 2.66. The molecule has 3 nitrogen and oxygen atoms in total. The van der Waals surface area contributed by atoms with Crippen molar-refractivity contribution in [3.8, 4) is 6.07 Å². The first-order valence-corrected chi connectivity index (χ1v) is 5.58. The molecule has 1 saturated heterocycles. The Labute approximate surface area is 87.1 Å². The lowest BCUT2D eigenvalue weighted by Gasteiger charge is -2.26. The van der Waals surface area contributed by atoms with Gasteiger partial charge in [0.15, 0.2) is 0 Å². The van der Waals surface area contributed by atoms with Crippen LogP contribution in [0, 0.1) is 17.2 Å². The molecular weight excluding hydrogens is 174 g/mol. The number of hydrogen-bond acceptors (Lipinski definition) is 3. The van der Waals surface area contributed by atoms with Crippen LogP contribution in [0.2, 0.25) is 0 Å². The monoisotopic (exact) mass is 195 g/mol. The number of nitriles is 1. The Morgan fingerprint density at radius 2 is 2.14 bits per heavy atom. The molecular formula is C11H21N3. The molecule has 1 fully saturated rings. The van der Waals surface area contributed by atoms with E-state index in [1.54, 1.807) is 0 Å². The Morgan fingerprint density at radius 1 is 1.36 bits per heavy atom. The largest absolute Gasteiger partial charge is 0.315 e. The van der Waals surface area contributed by atoms with Crippen molar-refractivity contribution in [1.82, 2.24) is 10.2 Å². The van der Waals surface area contributed by atoms with Crippen molar-refractivity contribution >= 4 is 0 Å². The zero-order valence-electron chi connectivity index (χ0n) is 9.29. The van der Waals surface area contributed by atoms with E-state index in [9.17, 15) is 0 Å². The Morgan fingerprint density at radius 3 is 2.79 bits per heavy atom. The zero-order chi connectivity index (χ0) is 10.4. The van der Waals surface area contributed by atoms with Gasteiger partial charge in [-0.05, 0) is 25.3 Å². The fraction of sp³-hybridized carbons (Fsp3) is 0.909. The number of rotatable bonds is 3. The minimum absolute atomic E-state index is 0.120. The highest BCUT2D eigenvalue weighted by atomic mass is 15.2. The standard InChI is InChI=1S/C11H21N3/c1-10(2)8-11(9-12)14-6-3-4-13-5-7-14/h10-11,13H,3-8H2,1-2H3. The van der Waals surface area contributed by atoms with Crippen LogP contribution in [-0.4, -0.2) is 37.1 Å². The minimum atomic E-state index is 0.120. The zero-order valence-corrected chi connectivity index (χ0v) is 9.29. The molecule has 0 aliphatic carbocycles. The van der Waals surface area contributed by atoms with Gasteiger partial charge in [0.05, 0.1) is 12.1 Å². The maximum Gasteiger partial charge on any atom is 0.0980 e. The Kier molecular flexibility index (Phi) is 4.92. The summed E-state index contributed by atoms with van der Waals surface area (Å²) in [6.07, 6.45) is 2.16. The molecule has 0 radical (unpaired) electrons. The van der Waals surface area contributed by atoms with Crippen molar-refractivity contribution in [2.24, 2.45) is 5.92 Å². The second-order valence-corrected chi connectivity index (χ2v) is 4.41. The van der Waals surface area contributed by atoms with E-state index >= 15 is 0 Å². The number of hydrogen-bond donors (Lipinski definition) is 1. The summed E-state index contributed by atoms with van der Waals surface area (Å²) in [4.78, 5) is 2.32. The Hall–Kier alpha value is -0.590. The maximum atomic E-state index is 9.11. The Bertz CT molecular complexity index is 187. The molecule has 1 atom stereocenters. The second kappa shape index (κ2) is 6.00. The Balaban J connectivity index is 2.45. The number of nitrogens with zero attached hydrogens (tertiary/aromatic N) is 2. The highest BCUT2D eigenvalue weighted by Gasteiger charge is 2.19. The third-order valence-electron chi connectivity index (χ3n) is 2.66. The first-order valence-electron chi connectivity index (χ1n) is 5.58. The molecule has 1 N–H and O–H groups in total. The summed E-state index contributed by atoms with van der Waals surface area (Å²) in [7, 11) is 0. The summed E-state index contributed by atoms with van der Waals surface area (Å²) in [5, 5.41) is 12.5. The molecule has 1 rings (SSSR count). The van der Waals surface area contributed by atoms with Crippen LogP contribution in [-0.2, 0) is 0 Å². The van der Waals surface area contributed by atoms with E-state index in [0.717, 1.165) is 39.0 Å². The molecule has 3 heteroatoms.